The number of rotatable bonds is 8. The Labute approximate surface area is 114 Å². The molecule has 0 atom stereocenters. The molecule has 5 nitrogen and oxygen atoms in total. The molecule has 0 fully saturated rings. The maximum absolute atomic E-state index is 11.9. The van der Waals surface area contributed by atoms with Gasteiger partial charge in [0.25, 0.3) is 0 Å². The molecule has 0 aliphatic heterocycles. The molecule has 0 aliphatic rings. The molecular weight excluding hydrogens is 246 g/mol. The minimum Gasteiger partial charge on any atom is -0.445 e. The molecular formula is C14H21NO4. The highest BCUT2D eigenvalue weighted by atomic mass is 16.6. The SMILES string of the molecule is COCCN(CCOC)C(=O)OCc1ccccc1. The summed E-state index contributed by atoms with van der Waals surface area (Å²) in [6, 6.07) is 9.59. The molecule has 0 unspecified atom stereocenters. The van der Waals surface area contributed by atoms with E-state index in [1.165, 1.54) is 0 Å². The Morgan fingerprint density at radius 1 is 1.05 bits per heavy atom. The van der Waals surface area contributed by atoms with Gasteiger partial charge in [0.2, 0.25) is 0 Å². The molecule has 0 N–H and O–H groups in total. The first-order valence-electron chi connectivity index (χ1n) is 6.21. The van der Waals surface area contributed by atoms with E-state index in [-0.39, 0.29) is 12.7 Å². The Morgan fingerprint density at radius 3 is 2.16 bits per heavy atom. The number of nitrogens with zero attached hydrogens (tertiary/aromatic N) is 1. The predicted octanol–water partition coefficient (Wildman–Crippen LogP) is 1.92. The van der Waals surface area contributed by atoms with Gasteiger partial charge in [-0.25, -0.2) is 4.79 Å². The fourth-order valence-corrected chi connectivity index (χ4v) is 1.51. The summed E-state index contributed by atoms with van der Waals surface area (Å²) in [5, 5.41) is 0. The molecule has 0 aromatic heterocycles. The summed E-state index contributed by atoms with van der Waals surface area (Å²) in [5.74, 6) is 0. The molecule has 1 amide bonds. The third-order valence-corrected chi connectivity index (χ3v) is 2.59. The van der Waals surface area contributed by atoms with Crippen molar-refractivity contribution in [3.63, 3.8) is 0 Å². The molecule has 1 rings (SSSR count). The third-order valence-electron chi connectivity index (χ3n) is 2.59. The van der Waals surface area contributed by atoms with Gasteiger partial charge in [0.1, 0.15) is 6.61 Å². The lowest BCUT2D eigenvalue weighted by molar-refractivity contribution is 0.0694. The van der Waals surface area contributed by atoms with Crippen LogP contribution in [-0.4, -0.2) is 51.5 Å². The summed E-state index contributed by atoms with van der Waals surface area (Å²) in [7, 11) is 3.20. The summed E-state index contributed by atoms with van der Waals surface area (Å²) < 4.78 is 15.2. The quantitative estimate of drug-likeness (QED) is 0.722. The van der Waals surface area contributed by atoms with Gasteiger partial charge in [0, 0.05) is 27.3 Å². The monoisotopic (exact) mass is 267 g/mol. The molecule has 0 bridgehead atoms. The molecule has 0 heterocycles. The van der Waals surface area contributed by atoms with E-state index in [0.717, 1.165) is 5.56 Å². The highest BCUT2D eigenvalue weighted by Crippen LogP contribution is 2.03. The van der Waals surface area contributed by atoms with Gasteiger partial charge in [-0.05, 0) is 5.56 Å². The maximum atomic E-state index is 11.9. The second-order valence-electron chi connectivity index (χ2n) is 4.01. The fraction of sp³-hybridized carbons (Fsp3) is 0.500. The second kappa shape index (κ2) is 9.35. The van der Waals surface area contributed by atoms with Crippen LogP contribution in [0, 0.1) is 0 Å². The lowest BCUT2D eigenvalue weighted by Crippen LogP contribution is -2.36. The second-order valence-corrected chi connectivity index (χ2v) is 4.01. The summed E-state index contributed by atoms with van der Waals surface area (Å²) in [6.07, 6.45) is -0.349. The predicted molar refractivity (Wildman–Crippen MR) is 72.0 cm³/mol. The number of hydrogen-bond donors (Lipinski definition) is 0. The van der Waals surface area contributed by atoms with E-state index in [1.54, 1.807) is 19.1 Å². The Balaban J connectivity index is 2.41. The highest BCUT2D eigenvalue weighted by Gasteiger charge is 2.14. The van der Waals surface area contributed by atoms with E-state index in [1.807, 2.05) is 30.3 Å². The molecule has 0 saturated carbocycles. The van der Waals surface area contributed by atoms with E-state index in [4.69, 9.17) is 14.2 Å². The van der Waals surface area contributed by atoms with E-state index in [9.17, 15) is 4.79 Å². The number of ether oxygens (including phenoxy) is 3. The van der Waals surface area contributed by atoms with Crippen LogP contribution in [0.15, 0.2) is 30.3 Å². The molecule has 1 aromatic carbocycles. The lowest BCUT2D eigenvalue weighted by atomic mass is 10.2. The number of amides is 1. The first-order valence-corrected chi connectivity index (χ1v) is 6.21. The number of benzene rings is 1. The van der Waals surface area contributed by atoms with E-state index >= 15 is 0 Å². The molecule has 106 valence electrons. The maximum Gasteiger partial charge on any atom is 0.410 e. The van der Waals surface area contributed by atoms with Crippen molar-refractivity contribution >= 4 is 6.09 Å². The first-order chi connectivity index (χ1) is 9.27. The van der Waals surface area contributed by atoms with Crippen LogP contribution < -0.4 is 0 Å². The number of carbonyl (C=O) groups is 1. The summed E-state index contributed by atoms with van der Waals surface area (Å²) >= 11 is 0. The topological polar surface area (TPSA) is 48.0 Å². The van der Waals surface area contributed by atoms with E-state index < -0.39 is 0 Å². The van der Waals surface area contributed by atoms with Crippen LogP contribution >= 0.6 is 0 Å². The number of hydrogen-bond acceptors (Lipinski definition) is 4. The normalized spacial score (nSPS) is 10.2. The third kappa shape index (κ3) is 6.22. The Bertz CT molecular complexity index is 348. The minimum absolute atomic E-state index is 0.274. The van der Waals surface area contributed by atoms with Crippen LogP contribution in [0.25, 0.3) is 0 Å². The molecule has 1 aromatic rings. The van der Waals surface area contributed by atoms with Crippen LogP contribution in [0.4, 0.5) is 4.79 Å². The Morgan fingerprint density at radius 2 is 1.63 bits per heavy atom. The van der Waals surface area contributed by atoms with Crippen LogP contribution in [0.2, 0.25) is 0 Å². The van der Waals surface area contributed by atoms with Crippen molar-refractivity contribution in [1.82, 2.24) is 4.90 Å². The molecule has 0 radical (unpaired) electrons. The van der Waals surface area contributed by atoms with Crippen LogP contribution in [-0.2, 0) is 20.8 Å². The summed E-state index contributed by atoms with van der Waals surface area (Å²) in [6.45, 7) is 2.21. The highest BCUT2D eigenvalue weighted by molar-refractivity contribution is 5.67. The zero-order valence-electron chi connectivity index (χ0n) is 11.5. The van der Waals surface area contributed by atoms with Crippen molar-refractivity contribution in [2.75, 3.05) is 40.5 Å². The van der Waals surface area contributed by atoms with E-state index in [2.05, 4.69) is 0 Å². The Hall–Kier alpha value is -1.59. The average molecular weight is 267 g/mol. The largest absolute Gasteiger partial charge is 0.445 e. The minimum atomic E-state index is -0.349. The lowest BCUT2D eigenvalue weighted by Gasteiger charge is -2.21. The molecule has 0 spiro atoms. The van der Waals surface area contributed by atoms with Gasteiger partial charge in [-0.3, -0.25) is 0 Å². The van der Waals surface area contributed by atoms with Crippen LogP contribution in [0.1, 0.15) is 5.56 Å². The Kier molecular flexibility index (Phi) is 7.62. The van der Waals surface area contributed by atoms with Crippen LogP contribution in [0.3, 0.4) is 0 Å². The van der Waals surface area contributed by atoms with Gasteiger partial charge in [0.15, 0.2) is 0 Å². The average Bonchev–Trinajstić information content (AvgIpc) is 2.46. The smallest absolute Gasteiger partial charge is 0.410 e. The van der Waals surface area contributed by atoms with Crippen molar-refractivity contribution < 1.29 is 19.0 Å². The number of carbonyl (C=O) groups excluding carboxylic acids is 1. The first kappa shape index (κ1) is 15.5. The summed E-state index contributed by atoms with van der Waals surface area (Å²) in [5.41, 5.74) is 0.967. The molecule has 19 heavy (non-hydrogen) atoms. The molecule has 0 aliphatic carbocycles. The van der Waals surface area contributed by atoms with Gasteiger partial charge < -0.3 is 19.1 Å². The van der Waals surface area contributed by atoms with Crippen molar-refractivity contribution in [3.05, 3.63) is 35.9 Å². The molecule has 5 heteroatoms. The zero-order valence-corrected chi connectivity index (χ0v) is 11.5. The van der Waals surface area contributed by atoms with Crippen molar-refractivity contribution in [3.8, 4) is 0 Å². The van der Waals surface area contributed by atoms with Crippen molar-refractivity contribution in [1.29, 1.82) is 0 Å². The van der Waals surface area contributed by atoms with Crippen molar-refractivity contribution in [2.45, 2.75) is 6.61 Å². The fourth-order valence-electron chi connectivity index (χ4n) is 1.51. The van der Waals surface area contributed by atoms with Gasteiger partial charge in [-0.15, -0.1) is 0 Å². The standard InChI is InChI=1S/C14H21NO4/c1-17-10-8-15(9-11-18-2)14(16)19-12-13-6-4-3-5-7-13/h3-7H,8-12H2,1-2H3. The molecule has 0 saturated heterocycles. The van der Waals surface area contributed by atoms with Gasteiger partial charge in [-0.1, -0.05) is 30.3 Å². The van der Waals surface area contributed by atoms with Gasteiger partial charge >= 0.3 is 6.09 Å². The van der Waals surface area contributed by atoms with Crippen molar-refractivity contribution in [2.24, 2.45) is 0 Å². The van der Waals surface area contributed by atoms with Gasteiger partial charge in [-0.2, -0.15) is 0 Å². The van der Waals surface area contributed by atoms with Crippen LogP contribution in [0.5, 0.6) is 0 Å². The van der Waals surface area contributed by atoms with Gasteiger partial charge in [0.05, 0.1) is 13.2 Å². The zero-order chi connectivity index (χ0) is 13.9. The number of methoxy groups -OCH3 is 2. The summed E-state index contributed by atoms with van der Waals surface area (Å²) in [4.78, 5) is 13.5. The van der Waals surface area contributed by atoms with E-state index in [0.29, 0.717) is 26.3 Å².